The molecule has 1 aliphatic heterocycles. The van der Waals surface area contributed by atoms with Crippen molar-refractivity contribution >= 4 is 0 Å². The minimum absolute atomic E-state index is 0.0386. The first kappa shape index (κ1) is 20.5. The Morgan fingerprint density at radius 1 is 1.21 bits per heavy atom. The zero-order chi connectivity index (χ0) is 20.3. The molecule has 2 atom stereocenters. The van der Waals surface area contributed by atoms with Crippen molar-refractivity contribution < 1.29 is 32.2 Å². The Bertz CT molecular complexity index is 810. The third-order valence-electron chi connectivity index (χ3n) is 4.64. The second-order valence-electron chi connectivity index (χ2n) is 6.74. The summed E-state index contributed by atoms with van der Waals surface area (Å²) in [6.07, 6.45) is -1.80. The number of hydrogen-bond donors (Lipinski definition) is 1. The van der Waals surface area contributed by atoms with E-state index in [1.165, 1.54) is 7.11 Å². The summed E-state index contributed by atoms with van der Waals surface area (Å²) in [5, 5.41) is 17.4. The number of rotatable bonds is 2. The third kappa shape index (κ3) is 4.44. The van der Waals surface area contributed by atoms with Gasteiger partial charge in [-0.2, -0.15) is 13.2 Å². The molecule has 3 heterocycles. The molecule has 3 rings (SSSR count). The van der Waals surface area contributed by atoms with E-state index in [1.807, 2.05) is 0 Å². The van der Waals surface area contributed by atoms with E-state index >= 15 is 0 Å². The molecule has 154 valence electrons. The molecule has 4 bridgehead atoms. The number of ether oxygens (including phenoxy) is 2. The van der Waals surface area contributed by atoms with Gasteiger partial charge in [0.05, 0.1) is 12.7 Å². The van der Waals surface area contributed by atoms with E-state index in [2.05, 4.69) is 15.2 Å². The van der Waals surface area contributed by atoms with Gasteiger partial charge >= 0.3 is 6.18 Å². The topological polar surface area (TPSA) is 90.5 Å². The maximum atomic E-state index is 13.5. The van der Waals surface area contributed by atoms with Crippen molar-refractivity contribution in [1.82, 2.24) is 15.2 Å². The second kappa shape index (κ2) is 8.44. The van der Waals surface area contributed by atoms with Crippen LogP contribution in [0.2, 0.25) is 0 Å². The van der Waals surface area contributed by atoms with Gasteiger partial charge in [0, 0.05) is 12.7 Å². The molecular formula is C18H22F3N3O4. The summed E-state index contributed by atoms with van der Waals surface area (Å²) in [5.41, 5.74) is -1.17. The van der Waals surface area contributed by atoms with Crippen LogP contribution in [-0.2, 0) is 17.5 Å². The smallest absolute Gasteiger partial charge is 0.421 e. The van der Waals surface area contributed by atoms with Gasteiger partial charge in [-0.1, -0.05) is 12.8 Å². The van der Waals surface area contributed by atoms with Gasteiger partial charge in [0.25, 0.3) is 5.89 Å². The highest BCUT2D eigenvalue weighted by molar-refractivity contribution is 5.56. The van der Waals surface area contributed by atoms with E-state index in [-0.39, 0.29) is 23.0 Å². The molecule has 0 fully saturated rings. The summed E-state index contributed by atoms with van der Waals surface area (Å²) >= 11 is 0. The number of fused-ring (bicyclic) bond motifs is 5. The van der Waals surface area contributed by atoms with Crippen LogP contribution >= 0.6 is 0 Å². The third-order valence-corrected chi connectivity index (χ3v) is 4.64. The van der Waals surface area contributed by atoms with Gasteiger partial charge in [0.15, 0.2) is 0 Å². The molecule has 1 N–H and O–H groups in total. The van der Waals surface area contributed by atoms with Crippen molar-refractivity contribution in [2.24, 2.45) is 0 Å². The van der Waals surface area contributed by atoms with Crippen LogP contribution in [0.4, 0.5) is 13.2 Å². The van der Waals surface area contributed by atoms with Crippen molar-refractivity contribution in [2.75, 3.05) is 7.11 Å². The van der Waals surface area contributed by atoms with Gasteiger partial charge < -0.3 is 19.0 Å². The average molecular weight is 401 g/mol. The maximum absolute atomic E-state index is 13.5. The van der Waals surface area contributed by atoms with Crippen molar-refractivity contribution in [2.45, 2.75) is 64.0 Å². The van der Waals surface area contributed by atoms with E-state index in [4.69, 9.17) is 13.9 Å². The van der Waals surface area contributed by atoms with Crippen LogP contribution < -0.4 is 4.74 Å². The zero-order valence-corrected chi connectivity index (χ0v) is 15.6. The number of aliphatic hydroxyl groups is 1. The van der Waals surface area contributed by atoms with Crippen LogP contribution in [0.5, 0.6) is 5.88 Å². The molecule has 0 spiro atoms. The first-order chi connectivity index (χ1) is 13.3. The normalized spacial score (nSPS) is 21.1. The van der Waals surface area contributed by atoms with Gasteiger partial charge in [-0.05, 0) is 32.3 Å². The fourth-order valence-corrected chi connectivity index (χ4v) is 3.13. The lowest BCUT2D eigenvalue weighted by molar-refractivity contribution is -0.139. The summed E-state index contributed by atoms with van der Waals surface area (Å²) in [4.78, 5) is 4.01. The fraction of sp³-hybridized carbons (Fsp3) is 0.611. The maximum Gasteiger partial charge on any atom is 0.421 e. The molecule has 7 nitrogen and oxygen atoms in total. The lowest BCUT2D eigenvalue weighted by atomic mass is 10.1. The summed E-state index contributed by atoms with van der Waals surface area (Å²) < 4.78 is 57.0. The Morgan fingerprint density at radius 2 is 1.96 bits per heavy atom. The number of alkyl halides is 3. The Morgan fingerprint density at radius 3 is 2.64 bits per heavy atom. The molecular weight excluding hydrogens is 379 g/mol. The average Bonchev–Trinajstić information content (AvgIpc) is 3.12. The highest BCUT2D eigenvalue weighted by Gasteiger charge is 2.37. The lowest BCUT2D eigenvalue weighted by Crippen LogP contribution is -2.18. The lowest BCUT2D eigenvalue weighted by Gasteiger charge is -2.20. The molecule has 0 aliphatic carbocycles. The molecule has 2 aromatic rings. The number of nitrogens with zero attached hydrogens (tertiary/aromatic N) is 3. The van der Waals surface area contributed by atoms with Crippen molar-refractivity contribution in [3.63, 3.8) is 0 Å². The number of methoxy groups -OCH3 is 1. The van der Waals surface area contributed by atoms with Crippen LogP contribution in [-0.4, -0.2) is 33.5 Å². The highest BCUT2D eigenvalue weighted by atomic mass is 19.4. The van der Waals surface area contributed by atoms with Crippen molar-refractivity contribution in [1.29, 1.82) is 0 Å². The van der Waals surface area contributed by atoms with Crippen molar-refractivity contribution in [3.05, 3.63) is 23.1 Å². The first-order valence-corrected chi connectivity index (χ1v) is 9.08. The predicted octanol–water partition coefficient (Wildman–Crippen LogP) is 4.06. The molecule has 28 heavy (non-hydrogen) atoms. The number of aliphatic hydroxyl groups excluding tert-OH is 1. The summed E-state index contributed by atoms with van der Waals surface area (Å²) in [5.74, 6) is -0.437. The van der Waals surface area contributed by atoms with Gasteiger partial charge in [-0.3, -0.25) is 0 Å². The SMILES string of the molecule is COC1CCCCC[C@@H](C)Oc2nc(c(CO)cc2C(F)(F)F)-c2nnc1o2. The Labute approximate surface area is 159 Å². The molecule has 1 aliphatic rings. The minimum atomic E-state index is -4.68. The van der Waals surface area contributed by atoms with Crippen LogP contribution in [0.15, 0.2) is 10.5 Å². The van der Waals surface area contributed by atoms with Crippen molar-refractivity contribution in [3.8, 4) is 17.5 Å². The molecule has 0 saturated carbocycles. The standard InChI is InChI=1S/C18H22F3N3O4/c1-10-6-4-3-5-7-13(26-2)16-23-24-17(28-16)14-11(9-25)8-12(18(19,20)21)15(22-14)27-10/h8,10,13,25H,3-7,9H2,1-2H3/t10-,13?/m1/s1. The van der Waals surface area contributed by atoms with E-state index in [1.54, 1.807) is 6.92 Å². The first-order valence-electron chi connectivity index (χ1n) is 9.08. The molecule has 0 radical (unpaired) electrons. The van der Waals surface area contributed by atoms with Gasteiger partial charge in [0.2, 0.25) is 11.8 Å². The van der Waals surface area contributed by atoms with Gasteiger partial charge in [0.1, 0.15) is 17.4 Å². The molecule has 2 aromatic heterocycles. The monoisotopic (exact) mass is 401 g/mol. The molecule has 0 saturated heterocycles. The van der Waals surface area contributed by atoms with Gasteiger partial charge in [-0.15, -0.1) is 10.2 Å². The predicted molar refractivity (Wildman–Crippen MR) is 91.4 cm³/mol. The molecule has 0 amide bonds. The molecule has 1 unspecified atom stereocenters. The molecule has 10 heteroatoms. The minimum Gasteiger partial charge on any atom is -0.474 e. The van der Waals surface area contributed by atoms with E-state index in [9.17, 15) is 18.3 Å². The number of aromatic nitrogens is 3. The van der Waals surface area contributed by atoms with E-state index in [0.29, 0.717) is 12.8 Å². The zero-order valence-electron chi connectivity index (χ0n) is 15.6. The number of pyridine rings is 1. The quantitative estimate of drug-likeness (QED) is 0.811. The Balaban J connectivity index is 2.13. The summed E-state index contributed by atoms with van der Waals surface area (Å²) in [6, 6.07) is 0.813. The summed E-state index contributed by atoms with van der Waals surface area (Å²) in [7, 11) is 1.53. The van der Waals surface area contributed by atoms with Crippen LogP contribution in [0.1, 0.15) is 62.1 Å². The number of halogens is 3. The van der Waals surface area contributed by atoms with E-state index in [0.717, 1.165) is 25.3 Å². The number of hydrogen-bond acceptors (Lipinski definition) is 7. The van der Waals surface area contributed by atoms with Gasteiger partial charge in [-0.25, -0.2) is 4.98 Å². The highest BCUT2D eigenvalue weighted by Crippen LogP contribution is 2.39. The Kier molecular flexibility index (Phi) is 6.19. The fourth-order valence-electron chi connectivity index (χ4n) is 3.13. The molecule has 0 aromatic carbocycles. The van der Waals surface area contributed by atoms with Crippen LogP contribution in [0.3, 0.4) is 0 Å². The van der Waals surface area contributed by atoms with E-state index < -0.39 is 36.4 Å². The van der Waals surface area contributed by atoms with Crippen LogP contribution in [0, 0.1) is 0 Å². The van der Waals surface area contributed by atoms with Crippen LogP contribution in [0.25, 0.3) is 11.6 Å². The summed E-state index contributed by atoms with van der Waals surface area (Å²) in [6.45, 7) is 1.03. The Hall–Kier alpha value is -2.20. The largest absolute Gasteiger partial charge is 0.474 e. The second-order valence-corrected chi connectivity index (χ2v) is 6.74.